The standard InChI is InChI=1S/C29H33ClFN3O5S/c1-19(2)32-29(36)21(4)33(17-22-8-6-7-9-26(22)31)28(35)18-34(23-12-15-27(39-5)25(30)16-23)40(37,38)24-13-10-20(3)11-14-24/h6-16,19,21H,17-18H2,1-5H3,(H,32,36). The molecule has 1 N–H and O–H groups in total. The summed E-state index contributed by atoms with van der Waals surface area (Å²) in [4.78, 5) is 27.9. The number of sulfonamides is 1. The van der Waals surface area contributed by atoms with Gasteiger partial charge in [0.2, 0.25) is 11.8 Å². The van der Waals surface area contributed by atoms with Crippen molar-refractivity contribution in [2.45, 2.75) is 51.2 Å². The van der Waals surface area contributed by atoms with Crippen LogP contribution >= 0.6 is 11.6 Å². The molecule has 0 aliphatic heterocycles. The summed E-state index contributed by atoms with van der Waals surface area (Å²) in [5.41, 5.74) is 1.15. The molecule has 1 atom stereocenters. The largest absolute Gasteiger partial charge is 0.495 e. The first-order valence-electron chi connectivity index (χ1n) is 12.6. The number of ether oxygens (including phenoxy) is 1. The summed E-state index contributed by atoms with van der Waals surface area (Å²) in [5.74, 6) is -1.40. The lowest BCUT2D eigenvalue weighted by Gasteiger charge is -2.32. The van der Waals surface area contributed by atoms with Crippen molar-refractivity contribution in [1.29, 1.82) is 0 Å². The molecule has 11 heteroatoms. The zero-order valence-electron chi connectivity index (χ0n) is 23.0. The normalized spacial score (nSPS) is 12.1. The molecule has 0 saturated heterocycles. The number of methoxy groups -OCH3 is 1. The van der Waals surface area contributed by atoms with Crippen molar-refractivity contribution >= 4 is 39.1 Å². The monoisotopic (exact) mass is 589 g/mol. The van der Waals surface area contributed by atoms with E-state index in [0.29, 0.717) is 5.75 Å². The van der Waals surface area contributed by atoms with Crippen LogP contribution in [-0.2, 0) is 26.2 Å². The molecule has 40 heavy (non-hydrogen) atoms. The molecule has 3 aromatic rings. The Balaban J connectivity index is 2.08. The lowest BCUT2D eigenvalue weighted by molar-refractivity contribution is -0.139. The van der Waals surface area contributed by atoms with E-state index in [1.165, 1.54) is 67.5 Å². The maximum absolute atomic E-state index is 14.6. The second kappa shape index (κ2) is 13.1. The van der Waals surface area contributed by atoms with Crippen LogP contribution < -0.4 is 14.4 Å². The molecule has 0 heterocycles. The maximum Gasteiger partial charge on any atom is 0.264 e. The van der Waals surface area contributed by atoms with E-state index < -0.39 is 40.2 Å². The van der Waals surface area contributed by atoms with Gasteiger partial charge in [0.25, 0.3) is 10.0 Å². The zero-order valence-corrected chi connectivity index (χ0v) is 24.6. The van der Waals surface area contributed by atoms with Crippen LogP contribution in [0.5, 0.6) is 5.75 Å². The minimum absolute atomic E-state index is 0.0379. The number of nitrogens with one attached hydrogen (secondary N) is 1. The topological polar surface area (TPSA) is 96.0 Å². The smallest absolute Gasteiger partial charge is 0.264 e. The summed E-state index contributed by atoms with van der Waals surface area (Å²) in [6, 6.07) is 15.2. The van der Waals surface area contributed by atoms with Gasteiger partial charge in [-0.3, -0.25) is 13.9 Å². The molecule has 8 nitrogen and oxygen atoms in total. The molecule has 0 aliphatic rings. The number of halogens is 2. The van der Waals surface area contributed by atoms with Crippen LogP contribution in [0, 0.1) is 12.7 Å². The van der Waals surface area contributed by atoms with Crippen LogP contribution in [-0.4, -0.2) is 50.9 Å². The molecule has 0 bridgehead atoms. The van der Waals surface area contributed by atoms with Crippen molar-refractivity contribution in [3.8, 4) is 5.75 Å². The van der Waals surface area contributed by atoms with Gasteiger partial charge in [-0.05, 0) is 64.1 Å². The van der Waals surface area contributed by atoms with E-state index in [9.17, 15) is 22.4 Å². The van der Waals surface area contributed by atoms with Crippen molar-refractivity contribution < 1.29 is 27.1 Å². The summed E-state index contributed by atoms with van der Waals surface area (Å²) >= 11 is 6.32. The number of amides is 2. The van der Waals surface area contributed by atoms with E-state index in [2.05, 4.69) is 5.32 Å². The van der Waals surface area contributed by atoms with Crippen LogP contribution in [0.15, 0.2) is 71.6 Å². The van der Waals surface area contributed by atoms with Gasteiger partial charge in [-0.2, -0.15) is 0 Å². The first-order chi connectivity index (χ1) is 18.8. The minimum Gasteiger partial charge on any atom is -0.495 e. The highest BCUT2D eigenvalue weighted by molar-refractivity contribution is 7.92. The van der Waals surface area contributed by atoms with Crippen LogP contribution in [0.25, 0.3) is 0 Å². The highest BCUT2D eigenvalue weighted by atomic mass is 35.5. The fourth-order valence-electron chi connectivity index (χ4n) is 3.97. The number of carbonyl (C=O) groups is 2. The second-order valence-electron chi connectivity index (χ2n) is 9.60. The molecule has 0 radical (unpaired) electrons. The number of nitrogens with zero attached hydrogens (tertiary/aromatic N) is 2. The van der Waals surface area contributed by atoms with Gasteiger partial charge >= 0.3 is 0 Å². The van der Waals surface area contributed by atoms with E-state index in [0.717, 1.165) is 9.87 Å². The van der Waals surface area contributed by atoms with Gasteiger partial charge in [0.05, 0.1) is 22.7 Å². The van der Waals surface area contributed by atoms with E-state index in [-0.39, 0.29) is 33.8 Å². The Morgan fingerprint density at radius 3 is 2.25 bits per heavy atom. The predicted molar refractivity (Wildman–Crippen MR) is 153 cm³/mol. The number of rotatable bonds is 11. The molecule has 2 amide bonds. The Bertz CT molecular complexity index is 1460. The summed E-state index contributed by atoms with van der Waals surface area (Å²) in [5, 5.41) is 2.90. The third-order valence-corrected chi connectivity index (χ3v) is 8.29. The number of anilines is 1. The molecule has 0 saturated carbocycles. The van der Waals surface area contributed by atoms with Crippen molar-refractivity contribution in [2.24, 2.45) is 0 Å². The van der Waals surface area contributed by atoms with E-state index in [4.69, 9.17) is 16.3 Å². The zero-order chi connectivity index (χ0) is 29.6. The van der Waals surface area contributed by atoms with Crippen LogP contribution in [0.2, 0.25) is 5.02 Å². The molecule has 0 aromatic heterocycles. The van der Waals surface area contributed by atoms with Gasteiger partial charge in [0.15, 0.2) is 0 Å². The van der Waals surface area contributed by atoms with E-state index >= 15 is 0 Å². The first-order valence-corrected chi connectivity index (χ1v) is 14.4. The van der Waals surface area contributed by atoms with Crippen molar-refractivity contribution in [3.63, 3.8) is 0 Å². The lowest BCUT2D eigenvalue weighted by Crippen LogP contribution is -2.52. The molecular weight excluding hydrogens is 557 g/mol. The fourth-order valence-corrected chi connectivity index (χ4v) is 5.63. The number of aryl methyl sites for hydroxylation is 1. The molecule has 3 aromatic carbocycles. The third-order valence-electron chi connectivity index (χ3n) is 6.21. The van der Waals surface area contributed by atoms with E-state index in [1.54, 1.807) is 32.0 Å². The number of carbonyl (C=O) groups excluding carboxylic acids is 2. The molecule has 1 unspecified atom stereocenters. The average molecular weight is 590 g/mol. The summed E-state index contributed by atoms with van der Waals surface area (Å²) in [7, 11) is -2.84. The first kappa shape index (κ1) is 30.9. The molecule has 0 fully saturated rings. The highest BCUT2D eigenvalue weighted by Crippen LogP contribution is 2.32. The van der Waals surface area contributed by atoms with Gasteiger partial charge in [0, 0.05) is 18.2 Å². The maximum atomic E-state index is 14.6. The number of hydrogen-bond acceptors (Lipinski definition) is 5. The summed E-state index contributed by atoms with van der Waals surface area (Å²) in [6.07, 6.45) is 0. The Morgan fingerprint density at radius 2 is 1.68 bits per heavy atom. The van der Waals surface area contributed by atoms with Crippen LogP contribution in [0.3, 0.4) is 0 Å². The summed E-state index contributed by atoms with van der Waals surface area (Å²) in [6.45, 7) is 5.96. The fraction of sp³-hybridized carbons (Fsp3) is 0.310. The predicted octanol–water partition coefficient (Wildman–Crippen LogP) is 4.93. The van der Waals surface area contributed by atoms with Gasteiger partial charge in [-0.15, -0.1) is 0 Å². The molecular formula is C29H33ClFN3O5S. The van der Waals surface area contributed by atoms with Gasteiger partial charge in [-0.1, -0.05) is 47.5 Å². The van der Waals surface area contributed by atoms with E-state index in [1.807, 2.05) is 6.92 Å². The van der Waals surface area contributed by atoms with Gasteiger partial charge < -0.3 is 15.0 Å². The van der Waals surface area contributed by atoms with Crippen molar-refractivity contribution in [3.05, 3.63) is 88.7 Å². The highest BCUT2D eigenvalue weighted by Gasteiger charge is 2.33. The molecule has 3 rings (SSSR count). The third kappa shape index (κ3) is 7.31. The Hall–Kier alpha value is -3.63. The summed E-state index contributed by atoms with van der Waals surface area (Å²) < 4.78 is 48.5. The second-order valence-corrected chi connectivity index (χ2v) is 11.9. The molecule has 214 valence electrons. The quantitative estimate of drug-likeness (QED) is 0.342. The van der Waals surface area contributed by atoms with Crippen molar-refractivity contribution in [2.75, 3.05) is 18.0 Å². The SMILES string of the molecule is COc1ccc(N(CC(=O)N(Cc2ccccc2F)C(C)C(=O)NC(C)C)S(=O)(=O)c2ccc(C)cc2)cc1Cl. The Labute approximate surface area is 239 Å². The lowest BCUT2D eigenvalue weighted by atomic mass is 10.1. The number of benzene rings is 3. The average Bonchev–Trinajstić information content (AvgIpc) is 2.90. The van der Waals surface area contributed by atoms with Gasteiger partial charge in [0.1, 0.15) is 24.2 Å². The molecule has 0 spiro atoms. The Morgan fingerprint density at radius 1 is 1.02 bits per heavy atom. The molecule has 0 aliphatic carbocycles. The Kier molecular flexibility index (Phi) is 10.2. The minimum atomic E-state index is -4.27. The van der Waals surface area contributed by atoms with Gasteiger partial charge in [-0.25, -0.2) is 12.8 Å². The van der Waals surface area contributed by atoms with Crippen LogP contribution in [0.4, 0.5) is 10.1 Å². The number of hydrogen-bond donors (Lipinski definition) is 1. The van der Waals surface area contributed by atoms with Crippen molar-refractivity contribution in [1.82, 2.24) is 10.2 Å². The van der Waals surface area contributed by atoms with Crippen LogP contribution in [0.1, 0.15) is 31.9 Å².